The molecule has 12 unspecified atom stereocenters. The Morgan fingerprint density at radius 1 is 0.394 bits per heavy atom. The van der Waals surface area contributed by atoms with Gasteiger partial charge in [0.2, 0.25) is 5.91 Å². The second-order valence-electron chi connectivity index (χ2n) is 27.1. The number of carbonyl (C=O) groups is 1. The first kappa shape index (κ1) is 87.3. The van der Waals surface area contributed by atoms with Crippen molar-refractivity contribution in [2.75, 3.05) is 19.8 Å². The molecule has 2 rings (SSSR count). The Bertz CT molecular complexity index is 1900. The van der Waals surface area contributed by atoms with Gasteiger partial charge in [0, 0.05) is 6.42 Å². The van der Waals surface area contributed by atoms with Crippen molar-refractivity contribution in [2.24, 2.45) is 0 Å². The molecule has 2 aliphatic heterocycles. The highest BCUT2D eigenvalue weighted by molar-refractivity contribution is 5.76. The third kappa shape index (κ3) is 46.4. The minimum Gasteiger partial charge on any atom is -0.394 e. The lowest BCUT2D eigenvalue weighted by molar-refractivity contribution is -0.359. The molecule has 0 spiro atoms. The van der Waals surface area contributed by atoms with E-state index in [1.165, 1.54) is 186 Å². The van der Waals surface area contributed by atoms with E-state index in [9.17, 15) is 45.6 Å². The molecule has 2 fully saturated rings. The van der Waals surface area contributed by atoms with Crippen LogP contribution < -0.4 is 5.32 Å². The average Bonchev–Trinajstić information content (AvgIpc) is 0.794. The molecule has 0 radical (unpaired) electrons. The summed E-state index contributed by atoms with van der Waals surface area (Å²) >= 11 is 0. The summed E-state index contributed by atoms with van der Waals surface area (Å²) in [6.45, 7) is 2.77. The molecule has 0 aromatic carbocycles. The Kier molecular flexibility index (Phi) is 59.0. The first-order chi connectivity index (χ1) is 46.1. The minimum absolute atomic E-state index is 0.225. The predicted molar refractivity (Wildman–Crippen MR) is 387 cm³/mol. The predicted octanol–water partition coefficient (Wildman–Crippen LogP) is 17.1. The van der Waals surface area contributed by atoms with Gasteiger partial charge < -0.3 is 65.1 Å². The van der Waals surface area contributed by atoms with Crippen LogP contribution in [0.1, 0.15) is 322 Å². The van der Waals surface area contributed by atoms with Gasteiger partial charge in [-0.1, -0.05) is 330 Å². The number of aliphatic hydroxyl groups is 8. The third-order valence-electron chi connectivity index (χ3n) is 18.6. The van der Waals surface area contributed by atoms with Gasteiger partial charge in [-0.25, -0.2) is 0 Å². The van der Waals surface area contributed by atoms with Crippen LogP contribution in [0.15, 0.2) is 85.1 Å². The summed E-state index contributed by atoms with van der Waals surface area (Å²) in [5, 5.41) is 87.8. The van der Waals surface area contributed by atoms with Gasteiger partial charge in [-0.05, 0) is 70.6 Å². The number of aliphatic hydroxyl groups excluding tert-OH is 8. The van der Waals surface area contributed by atoms with Crippen molar-refractivity contribution in [3.05, 3.63) is 85.1 Å². The molecular formula is C80H143NO13. The number of ether oxygens (including phenoxy) is 4. The molecule has 2 aliphatic rings. The summed E-state index contributed by atoms with van der Waals surface area (Å²) < 4.78 is 23.0. The standard InChI is InChI=1S/C80H143NO13/c1-3-5-7-9-11-13-15-17-19-21-23-25-27-29-31-32-33-34-35-36-38-39-41-43-45-47-49-51-53-55-57-59-61-63-69(84)68(67-91-79-77(90)75(88)78(71(66-83)93-79)94-80-76(89)74(87)73(86)70(65-82)92-80)81-72(85)64-62-60-58-56-54-52-50-48-46-44-42-40-37-30-28-26-24-22-20-18-16-14-12-10-8-6-4-2/h6,8,12,14,18,20,24,26,30,37,42,44,48,50,68-71,73-80,82-84,86-90H,3-5,7,9-11,13,15-17,19,21-23,25,27-29,31-36,38-41,43,45-47,49,51-67H2,1-2H3,(H,81,85)/b8-6-,14-12-,20-18-,26-24-,37-30-,44-42-,50-48-. The van der Waals surface area contributed by atoms with E-state index in [1.807, 2.05) is 0 Å². The van der Waals surface area contributed by atoms with Gasteiger partial charge >= 0.3 is 0 Å². The van der Waals surface area contributed by atoms with Gasteiger partial charge in [-0.2, -0.15) is 0 Å². The van der Waals surface area contributed by atoms with Crippen LogP contribution in [0, 0.1) is 0 Å². The summed E-state index contributed by atoms with van der Waals surface area (Å²) in [6, 6.07) is -0.848. The first-order valence-corrected chi connectivity index (χ1v) is 38.8. The van der Waals surface area contributed by atoms with Crippen molar-refractivity contribution in [1.29, 1.82) is 0 Å². The minimum atomic E-state index is -1.79. The SMILES string of the molecule is CC/C=C\C/C=C\C/C=C\C/C=C\C/C=C\C/C=C\C/C=C\CCCCCCCC(=O)NC(COC1OC(CO)C(OC2OC(CO)C(O)C(O)C2O)C(O)C1O)C(O)CCCCCCCCCCCCCCCCCCCCCCCCCCCCCCCCCCC. The smallest absolute Gasteiger partial charge is 0.220 e. The van der Waals surface area contributed by atoms with Crippen LogP contribution >= 0.6 is 0 Å². The molecule has 546 valence electrons. The molecule has 0 bridgehead atoms. The fourth-order valence-corrected chi connectivity index (χ4v) is 12.5. The Hall–Kier alpha value is -2.83. The number of amides is 1. The second-order valence-corrected chi connectivity index (χ2v) is 27.1. The Morgan fingerprint density at radius 2 is 0.734 bits per heavy atom. The zero-order chi connectivity index (χ0) is 68.0. The molecule has 1 amide bonds. The van der Waals surface area contributed by atoms with E-state index in [1.54, 1.807) is 0 Å². The van der Waals surface area contributed by atoms with Crippen LogP contribution in [0.25, 0.3) is 0 Å². The Morgan fingerprint density at radius 3 is 1.13 bits per heavy atom. The van der Waals surface area contributed by atoms with E-state index in [0.29, 0.717) is 12.8 Å². The summed E-state index contributed by atoms with van der Waals surface area (Å²) in [7, 11) is 0. The molecule has 14 heteroatoms. The Balaban J connectivity index is 1.64. The van der Waals surface area contributed by atoms with Crippen LogP contribution in [0.5, 0.6) is 0 Å². The van der Waals surface area contributed by atoms with Crippen molar-refractivity contribution in [1.82, 2.24) is 5.32 Å². The van der Waals surface area contributed by atoms with Crippen molar-refractivity contribution >= 4 is 5.91 Å². The maximum atomic E-state index is 13.4. The van der Waals surface area contributed by atoms with Crippen LogP contribution in [0.4, 0.5) is 0 Å². The number of rotatable bonds is 64. The van der Waals surface area contributed by atoms with Gasteiger partial charge in [0.05, 0.1) is 32.0 Å². The lowest BCUT2D eigenvalue weighted by Gasteiger charge is -2.46. The zero-order valence-corrected chi connectivity index (χ0v) is 59.7. The second kappa shape index (κ2) is 63.6. The number of nitrogens with one attached hydrogen (secondary N) is 1. The van der Waals surface area contributed by atoms with Gasteiger partial charge in [-0.15, -0.1) is 0 Å². The van der Waals surface area contributed by atoms with E-state index in [0.717, 1.165) is 103 Å². The number of carbonyl (C=O) groups excluding carboxylic acids is 1. The number of hydrogen-bond acceptors (Lipinski definition) is 13. The highest BCUT2D eigenvalue weighted by Gasteiger charge is 2.51. The van der Waals surface area contributed by atoms with E-state index in [-0.39, 0.29) is 18.9 Å². The first-order valence-electron chi connectivity index (χ1n) is 38.8. The summed E-state index contributed by atoms with van der Waals surface area (Å²) in [5.74, 6) is -0.225. The zero-order valence-electron chi connectivity index (χ0n) is 59.7. The van der Waals surface area contributed by atoms with Crippen LogP contribution in [0.3, 0.4) is 0 Å². The molecule has 0 aromatic rings. The lowest BCUT2D eigenvalue weighted by atomic mass is 9.97. The molecule has 0 saturated carbocycles. The van der Waals surface area contributed by atoms with Gasteiger partial charge in [-0.3, -0.25) is 4.79 Å². The number of hydrogen-bond donors (Lipinski definition) is 9. The van der Waals surface area contributed by atoms with Crippen molar-refractivity contribution in [2.45, 2.75) is 396 Å². The number of unbranched alkanes of at least 4 members (excludes halogenated alkanes) is 37. The molecule has 2 saturated heterocycles. The van der Waals surface area contributed by atoms with Gasteiger partial charge in [0.1, 0.15) is 48.8 Å². The van der Waals surface area contributed by atoms with Crippen molar-refractivity contribution < 1.29 is 64.6 Å². The summed E-state index contributed by atoms with van der Waals surface area (Å²) in [4.78, 5) is 13.4. The lowest BCUT2D eigenvalue weighted by Crippen LogP contribution is -2.65. The monoisotopic (exact) mass is 1330 g/mol. The van der Waals surface area contributed by atoms with Crippen LogP contribution in [0.2, 0.25) is 0 Å². The molecule has 2 heterocycles. The van der Waals surface area contributed by atoms with Crippen molar-refractivity contribution in [3.8, 4) is 0 Å². The van der Waals surface area contributed by atoms with E-state index in [2.05, 4.69) is 104 Å². The van der Waals surface area contributed by atoms with E-state index >= 15 is 0 Å². The largest absolute Gasteiger partial charge is 0.394 e. The molecule has 0 aliphatic carbocycles. The van der Waals surface area contributed by atoms with Crippen LogP contribution in [-0.2, 0) is 23.7 Å². The highest BCUT2D eigenvalue weighted by atomic mass is 16.7. The van der Waals surface area contributed by atoms with E-state index < -0.39 is 86.8 Å². The summed E-state index contributed by atoms with van der Waals surface area (Å²) in [5.41, 5.74) is 0. The van der Waals surface area contributed by atoms with E-state index in [4.69, 9.17) is 18.9 Å². The number of allylic oxidation sites excluding steroid dienone is 14. The fraction of sp³-hybridized carbons (Fsp3) is 0.812. The maximum absolute atomic E-state index is 13.4. The fourth-order valence-electron chi connectivity index (χ4n) is 12.5. The van der Waals surface area contributed by atoms with Gasteiger partial charge in [0.15, 0.2) is 12.6 Å². The summed E-state index contributed by atoms with van der Waals surface area (Å²) in [6.07, 6.45) is 71.8. The van der Waals surface area contributed by atoms with Crippen LogP contribution in [-0.4, -0.2) is 140 Å². The topological polar surface area (TPSA) is 228 Å². The van der Waals surface area contributed by atoms with Crippen molar-refractivity contribution in [3.63, 3.8) is 0 Å². The normalized spacial score (nSPS) is 22.9. The molecule has 94 heavy (non-hydrogen) atoms. The highest BCUT2D eigenvalue weighted by Crippen LogP contribution is 2.30. The molecule has 9 N–H and O–H groups in total. The third-order valence-corrected chi connectivity index (χ3v) is 18.6. The quantitative estimate of drug-likeness (QED) is 0.0204. The average molecular weight is 1330 g/mol. The maximum Gasteiger partial charge on any atom is 0.220 e. The molecule has 14 nitrogen and oxygen atoms in total. The molecule has 12 atom stereocenters. The molecular weight excluding hydrogens is 1180 g/mol. The Labute approximate surface area is 573 Å². The molecule has 0 aromatic heterocycles. The van der Waals surface area contributed by atoms with Gasteiger partial charge in [0.25, 0.3) is 0 Å².